The highest BCUT2D eigenvalue weighted by molar-refractivity contribution is 5.69. The molecule has 1 rings (SSSR count). The van der Waals surface area contributed by atoms with Gasteiger partial charge < -0.3 is 4.74 Å². The van der Waals surface area contributed by atoms with Crippen LogP contribution in [0.4, 0.5) is 0 Å². The lowest BCUT2D eigenvalue weighted by Crippen LogP contribution is -2.02. The molecule has 0 aliphatic carbocycles. The first kappa shape index (κ1) is 15.5. The minimum atomic E-state index is -0.0736. The van der Waals surface area contributed by atoms with Crippen molar-refractivity contribution in [3.05, 3.63) is 48.0 Å². The van der Waals surface area contributed by atoms with E-state index in [1.165, 1.54) is 5.56 Å². The van der Waals surface area contributed by atoms with Gasteiger partial charge in [-0.3, -0.25) is 4.79 Å². The van der Waals surface area contributed by atoms with Crippen molar-refractivity contribution < 1.29 is 9.53 Å². The zero-order valence-corrected chi connectivity index (χ0v) is 11.8. The van der Waals surface area contributed by atoms with Gasteiger partial charge in [-0.15, -0.1) is 0 Å². The van der Waals surface area contributed by atoms with Gasteiger partial charge in [0.05, 0.1) is 6.61 Å². The van der Waals surface area contributed by atoms with Gasteiger partial charge in [0.15, 0.2) is 0 Å². The van der Waals surface area contributed by atoms with E-state index >= 15 is 0 Å². The first-order valence-electron chi connectivity index (χ1n) is 7.17. The molecule has 0 heterocycles. The van der Waals surface area contributed by atoms with Crippen LogP contribution in [0, 0.1) is 0 Å². The summed E-state index contributed by atoms with van der Waals surface area (Å²) in [5, 5.41) is 0. The molecule has 2 heteroatoms. The lowest BCUT2D eigenvalue weighted by atomic mass is 10.1. The zero-order chi connectivity index (χ0) is 13.8. The Bertz CT molecular complexity index is 368. The first-order valence-corrected chi connectivity index (χ1v) is 7.17. The first-order chi connectivity index (χ1) is 9.33. The standard InChI is InChI=1S/C17H24O2/c1-2-19-17(18)15-11-6-4-3-5-8-12-16-13-9-7-10-14-16/h3,5,7,9-10,13-14H,2,4,6,8,11-12,15H2,1H3/b5-3+. The van der Waals surface area contributed by atoms with Gasteiger partial charge in [-0.05, 0) is 44.6 Å². The van der Waals surface area contributed by atoms with Crippen molar-refractivity contribution in [3.8, 4) is 0 Å². The summed E-state index contributed by atoms with van der Waals surface area (Å²) in [5.74, 6) is -0.0736. The average molecular weight is 260 g/mol. The van der Waals surface area contributed by atoms with E-state index in [0.29, 0.717) is 13.0 Å². The molecular weight excluding hydrogens is 236 g/mol. The number of carbonyl (C=O) groups is 1. The summed E-state index contributed by atoms with van der Waals surface area (Å²) in [6.45, 7) is 2.32. The Labute approximate surface area is 116 Å². The number of allylic oxidation sites excluding steroid dienone is 2. The van der Waals surface area contributed by atoms with Gasteiger partial charge in [-0.25, -0.2) is 0 Å². The van der Waals surface area contributed by atoms with Gasteiger partial charge in [0.1, 0.15) is 0 Å². The Morgan fingerprint density at radius 1 is 1.11 bits per heavy atom. The van der Waals surface area contributed by atoms with Gasteiger partial charge in [-0.1, -0.05) is 42.5 Å². The van der Waals surface area contributed by atoms with Crippen LogP contribution in [-0.2, 0) is 16.0 Å². The molecule has 0 atom stereocenters. The van der Waals surface area contributed by atoms with Gasteiger partial charge >= 0.3 is 5.97 Å². The van der Waals surface area contributed by atoms with E-state index < -0.39 is 0 Å². The number of benzene rings is 1. The lowest BCUT2D eigenvalue weighted by molar-refractivity contribution is -0.143. The van der Waals surface area contributed by atoms with E-state index in [1.807, 2.05) is 13.0 Å². The molecule has 0 saturated carbocycles. The van der Waals surface area contributed by atoms with E-state index in [0.717, 1.165) is 32.1 Å². The predicted octanol–water partition coefficient (Wildman–Crippen LogP) is 4.30. The molecule has 0 aliphatic rings. The van der Waals surface area contributed by atoms with Crippen LogP contribution in [0.1, 0.15) is 44.6 Å². The third-order valence-electron chi connectivity index (χ3n) is 2.92. The van der Waals surface area contributed by atoms with Crippen molar-refractivity contribution in [1.29, 1.82) is 0 Å². The Hall–Kier alpha value is -1.57. The van der Waals surface area contributed by atoms with Gasteiger partial charge in [0, 0.05) is 6.42 Å². The normalized spacial score (nSPS) is 10.8. The average Bonchev–Trinajstić information content (AvgIpc) is 2.43. The Morgan fingerprint density at radius 2 is 1.84 bits per heavy atom. The van der Waals surface area contributed by atoms with Crippen molar-refractivity contribution in [2.45, 2.75) is 45.4 Å². The summed E-state index contributed by atoms with van der Waals surface area (Å²) in [6.07, 6.45) is 10.2. The summed E-state index contributed by atoms with van der Waals surface area (Å²) in [6, 6.07) is 10.5. The molecule has 0 radical (unpaired) electrons. The maximum absolute atomic E-state index is 11.1. The molecule has 0 saturated heterocycles. The zero-order valence-electron chi connectivity index (χ0n) is 11.8. The Balaban J connectivity index is 1.98. The maximum atomic E-state index is 11.1. The van der Waals surface area contributed by atoms with Crippen LogP contribution >= 0.6 is 0 Å². The third-order valence-corrected chi connectivity index (χ3v) is 2.92. The second-order valence-electron chi connectivity index (χ2n) is 4.55. The lowest BCUT2D eigenvalue weighted by Gasteiger charge is -2.00. The highest BCUT2D eigenvalue weighted by Gasteiger charge is 1.99. The summed E-state index contributed by atoms with van der Waals surface area (Å²) < 4.78 is 4.88. The van der Waals surface area contributed by atoms with E-state index in [9.17, 15) is 4.79 Å². The summed E-state index contributed by atoms with van der Waals surface area (Å²) in [4.78, 5) is 11.1. The molecule has 0 amide bonds. The molecule has 2 nitrogen and oxygen atoms in total. The van der Waals surface area contributed by atoms with Crippen LogP contribution in [0.15, 0.2) is 42.5 Å². The number of carbonyl (C=O) groups excluding carboxylic acids is 1. The van der Waals surface area contributed by atoms with E-state index in [4.69, 9.17) is 4.74 Å². The fraction of sp³-hybridized carbons (Fsp3) is 0.471. The maximum Gasteiger partial charge on any atom is 0.305 e. The minimum absolute atomic E-state index is 0.0736. The number of aryl methyl sites for hydroxylation is 1. The van der Waals surface area contributed by atoms with Gasteiger partial charge in [0.2, 0.25) is 0 Å². The summed E-state index contributed by atoms with van der Waals surface area (Å²) in [5.41, 5.74) is 1.38. The molecule has 1 aromatic carbocycles. The summed E-state index contributed by atoms with van der Waals surface area (Å²) >= 11 is 0. The topological polar surface area (TPSA) is 26.3 Å². The highest BCUT2D eigenvalue weighted by Crippen LogP contribution is 2.05. The van der Waals surface area contributed by atoms with Crippen molar-refractivity contribution in [1.82, 2.24) is 0 Å². The molecule has 0 bridgehead atoms. The van der Waals surface area contributed by atoms with Crippen molar-refractivity contribution in [3.63, 3.8) is 0 Å². The van der Waals surface area contributed by atoms with Crippen LogP contribution < -0.4 is 0 Å². The van der Waals surface area contributed by atoms with Crippen LogP contribution in [0.3, 0.4) is 0 Å². The second kappa shape index (κ2) is 10.4. The van der Waals surface area contributed by atoms with Crippen molar-refractivity contribution in [2.24, 2.45) is 0 Å². The molecule has 0 aliphatic heterocycles. The predicted molar refractivity (Wildman–Crippen MR) is 79.0 cm³/mol. The van der Waals surface area contributed by atoms with E-state index in [-0.39, 0.29) is 5.97 Å². The number of ether oxygens (including phenoxy) is 1. The van der Waals surface area contributed by atoms with Gasteiger partial charge in [0.25, 0.3) is 0 Å². The number of esters is 1. The minimum Gasteiger partial charge on any atom is -0.466 e. The van der Waals surface area contributed by atoms with Crippen LogP contribution in [0.25, 0.3) is 0 Å². The molecule has 0 unspecified atom stereocenters. The molecular formula is C17H24O2. The Morgan fingerprint density at radius 3 is 2.58 bits per heavy atom. The molecule has 0 N–H and O–H groups in total. The van der Waals surface area contributed by atoms with Crippen molar-refractivity contribution >= 4 is 5.97 Å². The fourth-order valence-electron chi connectivity index (χ4n) is 1.90. The molecule has 0 fully saturated rings. The Kier molecular flexibility index (Phi) is 8.45. The van der Waals surface area contributed by atoms with Crippen molar-refractivity contribution in [2.75, 3.05) is 6.61 Å². The summed E-state index contributed by atoms with van der Waals surface area (Å²) in [7, 11) is 0. The molecule has 0 spiro atoms. The number of rotatable bonds is 9. The van der Waals surface area contributed by atoms with Crippen LogP contribution in [0.2, 0.25) is 0 Å². The number of hydrogen-bond donors (Lipinski definition) is 0. The SMILES string of the molecule is CCOC(=O)CCCC/C=C/CCc1ccccc1. The number of unbranched alkanes of at least 4 members (excludes halogenated alkanes) is 2. The fourth-order valence-corrected chi connectivity index (χ4v) is 1.90. The second-order valence-corrected chi connectivity index (χ2v) is 4.55. The molecule has 1 aromatic rings. The van der Waals surface area contributed by atoms with Gasteiger partial charge in [-0.2, -0.15) is 0 Å². The van der Waals surface area contributed by atoms with Crippen LogP contribution in [0.5, 0.6) is 0 Å². The number of hydrogen-bond acceptors (Lipinski definition) is 2. The highest BCUT2D eigenvalue weighted by atomic mass is 16.5. The largest absolute Gasteiger partial charge is 0.466 e. The van der Waals surface area contributed by atoms with E-state index in [2.05, 4.69) is 36.4 Å². The molecule has 0 aromatic heterocycles. The molecule has 104 valence electrons. The molecule has 19 heavy (non-hydrogen) atoms. The quantitative estimate of drug-likeness (QED) is 0.376. The third kappa shape index (κ3) is 8.20. The van der Waals surface area contributed by atoms with E-state index in [1.54, 1.807) is 0 Å². The monoisotopic (exact) mass is 260 g/mol. The smallest absolute Gasteiger partial charge is 0.305 e. The van der Waals surface area contributed by atoms with Crippen LogP contribution in [-0.4, -0.2) is 12.6 Å².